The van der Waals surface area contributed by atoms with Crippen LogP contribution in [0.15, 0.2) is 30.5 Å². The first-order valence-corrected chi connectivity index (χ1v) is 9.10. The first-order valence-electron chi connectivity index (χ1n) is 9.10. The predicted octanol–water partition coefficient (Wildman–Crippen LogP) is 1.53. The Morgan fingerprint density at radius 1 is 1.07 bits per heavy atom. The highest BCUT2D eigenvalue weighted by atomic mass is 16.5. The van der Waals surface area contributed by atoms with Gasteiger partial charge in [-0.1, -0.05) is 0 Å². The summed E-state index contributed by atoms with van der Waals surface area (Å²) < 4.78 is 16.0. The minimum absolute atomic E-state index is 0.189. The van der Waals surface area contributed by atoms with Gasteiger partial charge < -0.3 is 24.8 Å². The van der Waals surface area contributed by atoms with Crippen LogP contribution in [0.2, 0.25) is 0 Å². The maximum atomic E-state index is 5.88. The second kappa shape index (κ2) is 8.32. The van der Waals surface area contributed by atoms with Crippen molar-refractivity contribution in [2.45, 2.75) is 0 Å². The predicted molar refractivity (Wildman–Crippen MR) is 105 cm³/mol. The second-order valence-electron chi connectivity index (χ2n) is 6.30. The Hall–Kier alpha value is -3.04. The number of fused-ring (bicyclic) bond motifs is 1. The summed E-state index contributed by atoms with van der Waals surface area (Å²) in [6.07, 6.45) is 1.69. The van der Waals surface area contributed by atoms with Crippen LogP contribution in [0, 0.1) is 0 Å². The zero-order valence-corrected chi connectivity index (χ0v) is 15.7. The molecular weight excluding hydrogens is 360 g/mol. The minimum Gasteiger partial charge on any atom is -0.491 e. The molecule has 1 aliphatic rings. The molecule has 2 aromatic heterocycles. The zero-order chi connectivity index (χ0) is 19.3. The van der Waals surface area contributed by atoms with Gasteiger partial charge in [-0.25, -0.2) is 9.97 Å². The Morgan fingerprint density at radius 3 is 2.61 bits per heavy atom. The summed E-state index contributed by atoms with van der Waals surface area (Å²) in [6, 6.07) is 7.70. The number of aromatic nitrogens is 4. The number of nitrogens with zero attached hydrogens (tertiary/aromatic N) is 5. The number of methoxy groups -OCH3 is 1. The number of morpholine rings is 1. The van der Waals surface area contributed by atoms with Crippen LogP contribution in [0.3, 0.4) is 0 Å². The number of hydrogen-bond donors (Lipinski definition) is 1. The van der Waals surface area contributed by atoms with Gasteiger partial charge in [0.2, 0.25) is 5.95 Å². The van der Waals surface area contributed by atoms with E-state index in [0.717, 1.165) is 30.1 Å². The Balaban J connectivity index is 1.66. The molecule has 0 aliphatic carbocycles. The first kappa shape index (κ1) is 18.3. The summed E-state index contributed by atoms with van der Waals surface area (Å²) >= 11 is 0. The van der Waals surface area contributed by atoms with Gasteiger partial charge in [0, 0.05) is 25.8 Å². The van der Waals surface area contributed by atoms with Crippen molar-refractivity contribution in [3.8, 4) is 17.0 Å². The fraction of sp³-hybridized carbons (Fsp3) is 0.368. The van der Waals surface area contributed by atoms with E-state index in [1.807, 2.05) is 24.3 Å². The lowest BCUT2D eigenvalue weighted by atomic mass is 10.1. The van der Waals surface area contributed by atoms with E-state index in [1.54, 1.807) is 13.3 Å². The van der Waals surface area contributed by atoms with Gasteiger partial charge in [0.15, 0.2) is 17.0 Å². The van der Waals surface area contributed by atoms with E-state index in [-0.39, 0.29) is 5.95 Å². The molecule has 0 radical (unpaired) electrons. The highest BCUT2D eigenvalue weighted by molar-refractivity contribution is 5.85. The summed E-state index contributed by atoms with van der Waals surface area (Å²) in [5, 5.41) is 0. The van der Waals surface area contributed by atoms with Gasteiger partial charge in [-0.15, -0.1) is 0 Å². The number of rotatable bonds is 6. The SMILES string of the molecule is COCCOc1ccc(-c2cnc3nc(N)nc(N4CCOCC4)c3n2)cc1. The topological polar surface area (TPSA) is 109 Å². The Kier molecular flexibility index (Phi) is 5.45. The molecule has 4 rings (SSSR count). The monoisotopic (exact) mass is 382 g/mol. The fourth-order valence-corrected chi connectivity index (χ4v) is 3.01. The lowest BCUT2D eigenvalue weighted by Gasteiger charge is -2.28. The number of anilines is 2. The van der Waals surface area contributed by atoms with E-state index in [4.69, 9.17) is 24.9 Å². The van der Waals surface area contributed by atoms with Crippen LogP contribution in [-0.2, 0) is 9.47 Å². The minimum atomic E-state index is 0.189. The van der Waals surface area contributed by atoms with Crippen molar-refractivity contribution in [3.05, 3.63) is 30.5 Å². The van der Waals surface area contributed by atoms with Crippen molar-refractivity contribution in [2.24, 2.45) is 0 Å². The van der Waals surface area contributed by atoms with E-state index in [0.29, 0.717) is 43.4 Å². The smallest absolute Gasteiger partial charge is 0.224 e. The van der Waals surface area contributed by atoms with Gasteiger partial charge in [0.05, 0.1) is 31.7 Å². The normalized spacial score (nSPS) is 14.4. The molecule has 1 saturated heterocycles. The van der Waals surface area contributed by atoms with Gasteiger partial charge in [-0.3, -0.25) is 0 Å². The van der Waals surface area contributed by atoms with Crippen LogP contribution in [0.4, 0.5) is 11.8 Å². The fourth-order valence-electron chi connectivity index (χ4n) is 3.01. The summed E-state index contributed by atoms with van der Waals surface area (Å²) in [7, 11) is 1.65. The molecule has 9 heteroatoms. The molecule has 3 aromatic rings. The van der Waals surface area contributed by atoms with Crippen LogP contribution < -0.4 is 15.4 Å². The summed E-state index contributed by atoms with van der Waals surface area (Å²) in [5.41, 5.74) is 8.66. The highest BCUT2D eigenvalue weighted by Crippen LogP contribution is 2.26. The zero-order valence-electron chi connectivity index (χ0n) is 15.7. The van der Waals surface area contributed by atoms with Crippen LogP contribution in [0.5, 0.6) is 5.75 Å². The quantitative estimate of drug-likeness (QED) is 0.635. The molecule has 1 fully saturated rings. The third-order valence-electron chi connectivity index (χ3n) is 4.42. The van der Waals surface area contributed by atoms with Gasteiger partial charge in [0.1, 0.15) is 12.4 Å². The van der Waals surface area contributed by atoms with E-state index in [1.165, 1.54) is 0 Å². The Morgan fingerprint density at radius 2 is 1.86 bits per heavy atom. The maximum Gasteiger partial charge on any atom is 0.224 e. The molecule has 2 N–H and O–H groups in total. The molecule has 0 spiro atoms. The number of benzene rings is 1. The molecule has 0 unspecified atom stereocenters. The van der Waals surface area contributed by atoms with Crippen molar-refractivity contribution in [2.75, 3.05) is 57.3 Å². The van der Waals surface area contributed by atoms with Gasteiger partial charge in [0.25, 0.3) is 0 Å². The molecule has 0 saturated carbocycles. The molecule has 146 valence electrons. The van der Waals surface area contributed by atoms with Crippen molar-refractivity contribution in [1.82, 2.24) is 19.9 Å². The molecule has 3 heterocycles. The van der Waals surface area contributed by atoms with Crippen LogP contribution >= 0.6 is 0 Å². The summed E-state index contributed by atoms with van der Waals surface area (Å²) in [5.74, 6) is 1.66. The molecule has 0 bridgehead atoms. The molecule has 0 atom stereocenters. The van der Waals surface area contributed by atoms with E-state index < -0.39 is 0 Å². The third kappa shape index (κ3) is 3.95. The first-order chi connectivity index (χ1) is 13.7. The number of nitrogen functional groups attached to an aromatic ring is 1. The molecule has 1 aliphatic heterocycles. The average Bonchev–Trinajstić information content (AvgIpc) is 2.74. The van der Waals surface area contributed by atoms with Gasteiger partial charge in [-0.05, 0) is 24.3 Å². The Bertz CT molecular complexity index is 944. The maximum absolute atomic E-state index is 5.88. The second-order valence-corrected chi connectivity index (χ2v) is 6.30. The number of ether oxygens (including phenoxy) is 3. The number of nitrogens with two attached hydrogens (primary N) is 1. The molecule has 9 nitrogen and oxygen atoms in total. The van der Waals surface area contributed by atoms with Gasteiger partial charge >= 0.3 is 0 Å². The lowest BCUT2D eigenvalue weighted by Crippen LogP contribution is -2.37. The van der Waals surface area contributed by atoms with Crippen molar-refractivity contribution in [1.29, 1.82) is 0 Å². The van der Waals surface area contributed by atoms with Crippen molar-refractivity contribution < 1.29 is 14.2 Å². The largest absolute Gasteiger partial charge is 0.491 e. The van der Waals surface area contributed by atoms with Crippen molar-refractivity contribution in [3.63, 3.8) is 0 Å². The summed E-state index contributed by atoms with van der Waals surface area (Å²) in [6.45, 7) is 3.79. The molecule has 1 aromatic carbocycles. The van der Waals surface area contributed by atoms with E-state index in [9.17, 15) is 0 Å². The standard InChI is InChI=1S/C19H22N6O3/c1-26-10-11-28-14-4-2-13(3-5-14)15-12-21-17-16(22-15)18(24-19(20)23-17)25-6-8-27-9-7-25/h2-5,12H,6-11H2,1H3,(H2,20,21,23,24). The Labute approximate surface area is 162 Å². The summed E-state index contributed by atoms with van der Waals surface area (Å²) in [4.78, 5) is 20.0. The molecular formula is C19H22N6O3. The average molecular weight is 382 g/mol. The van der Waals surface area contributed by atoms with E-state index in [2.05, 4.69) is 19.9 Å². The van der Waals surface area contributed by atoms with Gasteiger partial charge in [-0.2, -0.15) is 9.97 Å². The molecule has 0 amide bonds. The lowest BCUT2D eigenvalue weighted by molar-refractivity contribution is 0.122. The van der Waals surface area contributed by atoms with Crippen LogP contribution in [0.1, 0.15) is 0 Å². The number of hydrogen-bond acceptors (Lipinski definition) is 9. The van der Waals surface area contributed by atoms with Crippen molar-refractivity contribution >= 4 is 22.9 Å². The molecule has 28 heavy (non-hydrogen) atoms. The van der Waals surface area contributed by atoms with Crippen LogP contribution in [-0.4, -0.2) is 66.6 Å². The van der Waals surface area contributed by atoms with E-state index >= 15 is 0 Å². The highest BCUT2D eigenvalue weighted by Gasteiger charge is 2.19. The van der Waals surface area contributed by atoms with Crippen LogP contribution in [0.25, 0.3) is 22.4 Å². The third-order valence-corrected chi connectivity index (χ3v) is 4.42.